The summed E-state index contributed by atoms with van der Waals surface area (Å²) >= 11 is 7.17. The highest BCUT2D eigenvalue weighted by Gasteiger charge is 2.16. The number of rotatable bonds is 6. The first-order chi connectivity index (χ1) is 10.0. The van der Waals surface area contributed by atoms with Crippen molar-refractivity contribution in [2.75, 3.05) is 10.5 Å². The third kappa shape index (κ3) is 4.23. The fraction of sp³-hybridized carbons (Fsp3) is 0.0714. The minimum absolute atomic E-state index is 0.0652. The molecular weight excluding hydrogens is 328 g/mol. The van der Waals surface area contributed by atoms with Crippen molar-refractivity contribution < 1.29 is 8.42 Å². The molecule has 0 saturated carbocycles. The van der Waals surface area contributed by atoms with Crippen molar-refractivity contribution in [3.63, 3.8) is 0 Å². The first-order valence-corrected chi connectivity index (χ1v) is 8.85. The molecule has 0 radical (unpaired) electrons. The van der Waals surface area contributed by atoms with E-state index in [2.05, 4.69) is 16.3 Å². The molecule has 0 aliphatic rings. The van der Waals surface area contributed by atoms with Crippen molar-refractivity contribution >= 4 is 39.1 Å². The Kier molecular flexibility index (Phi) is 5.27. The molecule has 0 spiro atoms. The lowest BCUT2D eigenvalue weighted by Crippen LogP contribution is -2.13. The second-order valence-electron chi connectivity index (χ2n) is 4.02. The zero-order valence-corrected chi connectivity index (χ0v) is 13.4. The summed E-state index contributed by atoms with van der Waals surface area (Å²) in [5.41, 5.74) is 0.527. The molecule has 1 heterocycles. The number of pyridine rings is 1. The van der Waals surface area contributed by atoms with Crippen molar-refractivity contribution in [1.29, 1.82) is 0 Å². The van der Waals surface area contributed by atoms with E-state index in [9.17, 15) is 8.42 Å². The molecule has 2 rings (SSSR count). The summed E-state index contributed by atoms with van der Waals surface area (Å²) in [5, 5.41) is 0.246. The van der Waals surface area contributed by atoms with Gasteiger partial charge in [0, 0.05) is 16.8 Å². The van der Waals surface area contributed by atoms with E-state index in [1.807, 2.05) is 12.1 Å². The van der Waals surface area contributed by atoms with Crippen molar-refractivity contribution in [2.24, 2.45) is 0 Å². The number of nitrogens with one attached hydrogen (secondary N) is 1. The summed E-state index contributed by atoms with van der Waals surface area (Å²) in [5.74, 6) is 0.696. The predicted octanol–water partition coefficient (Wildman–Crippen LogP) is 3.81. The third-order valence-electron chi connectivity index (χ3n) is 2.50. The Labute approximate surface area is 133 Å². The summed E-state index contributed by atoms with van der Waals surface area (Å²) < 4.78 is 27.2. The second kappa shape index (κ2) is 6.98. The molecule has 0 bridgehead atoms. The van der Waals surface area contributed by atoms with Crippen LogP contribution in [0.1, 0.15) is 0 Å². The Balaban J connectivity index is 2.28. The zero-order chi connectivity index (χ0) is 15.3. The number of hydrogen-bond donors (Lipinski definition) is 1. The van der Waals surface area contributed by atoms with Gasteiger partial charge in [-0.05, 0) is 24.3 Å². The van der Waals surface area contributed by atoms with Crippen molar-refractivity contribution in [2.45, 2.75) is 9.79 Å². The van der Waals surface area contributed by atoms with Crippen LogP contribution >= 0.6 is 23.4 Å². The maximum atomic E-state index is 12.3. The van der Waals surface area contributed by atoms with E-state index < -0.39 is 10.0 Å². The molecule has 1 aromatic heterocycles. The van der Waals surface area contributed by atoms with Gasteiger partial charge in [0.25, 0.3) is 10.0 Å². The highest BCUT2D eigenvalue weighted by atomic mass is 35.5. The van der Waals surface area contributed by atoms with Gasteiger partial charge < -0.3 is 0 Å². The highest BCUT2D eigenvalue weighted by Crippen LogP contribution is 2.28. The van der Waals surface area contributed by atoms with Gasteiger partial charge in [-0.15, -0.1) is 18.3 Å². The fourth-order valence-corrected chi connectivity index (χ4v) is 3.50. The van der Waals surface area contributed by atoms with Crippen LogP contribution in [0, 0.1) is 0 Å². The average Bonchev–Trinajstić information content (AvgIpc) is 2.46. The monoisotopic (exact) mass is 340 g/mol. The van der Waals surface area contributed by atoms with Gasteiger partial charge in [-0.1, -0.05) is 29.8 Å². The molecule has 21 heavy (non-hydrogen) atoms. The third-order valence-corrected chi connectivity index (χ3v) is 5.14. The largest absolute Gasteiger partial charge is 0.278 e. The van der Waals surface area contributed by atoms with Gasteiger partial charge in [-0.25, -0.2) is 13.4 Å². The molecular formula is C14H13ClN2O2S2. The number of benzene rings is 1. The first kappa shape index (κ1) is 15.9. The minimum Gasteiger partial charge on any atom is -0.278 e. The van der Waals surface area contributed by atoms with E-state index in [1.165, 1.54) is 30.1 Å². The summed E-state index contributed by atoms with van der Waals surface area (Å²) in [6, 6.07) is 10.0. The van der Waals surface area contributed by atoms with Gasteiger partial charge >= 0.3 is 0 Å². The molecule has 1 N–H and O–H groups in total. The predicted molar refractivity (Wildman–Crippen MR) is 87.4 cm³/mol. The molecule has 0 unspecified atom stereocenters. The van der Waals surface area contributed by atoms with E-state index in [0.717, 1.165) is 4.90 Å². The van der Waals surface area contributed by atoms with Crippen LogP contribution in [0.4, 0.5) is 5.69 Å². The van der Waals surface area contributed by atoms with Crippen LogP contribution < -0.4 is 4.72 Å². The molecule has 4 nitrogen and oxygen atoms in total. The summed E-state index contributed by atoms with van der Waals surface area (Å²) in [4.78, 5) is 4.69. The van der Waals surface area contributed by atoms with E-state index in [1.54, 1.807) is 18.2 Å². The summed E-state index contributed by atoms with van der Waals surface area (Å²) in [6.07, 6.45) is 2.99. The van der Waals surface area contributed by atoms with Gasteiger partial charge in [0.1, 0.15) is 10.0 Å². The Morgan fingerprint density at radius 2 is 2.05 bits per heavy atom. The lowest BCUT2D eigenvalue weighted by Gasteiger charge is -2.11. The number of sulfonamides is 1. The molecule has 7 heteroatoms. The maximum absolute atomic E-state index is 12.3. The maximum Gasteiger partial charge on any atom is 0.263 e. The smallest absolute Gasteiger partial charge is 0.263 e. The number of hydrogen-bond acceptors (Lipinski definition) is 4. The van der Waals surface area contributed by atoms with Crippen LogP contribution in [-0.2, 0) is 10.0 Å². The standard InChI is InChI=1S/C14H13ClN2O2S2/c1-2-9-20-13-6-4-3-5-12(13)17-21(18,19)11-7-8-14(15)16-10-11/h2-8,10,17H,1,9H2. The molecule has 0 saturated heterocycles. The minimum atomic E-state index is -3.69. The quantitative estimate of drug-likeness (QED) is 0.493. The SMILES string of the molecule is C=CCSc1ccccc1NS(=O)(=O)c1ccc(Cl)nc1. The average molecular weight is 341 g/mol. The lowest BCUT2D eigenvalue weighted by atomic mass is 10.3. The van der Waals surface area contributed by atoms with Crippen molar-refractivity contribution in [3.05, 3.63) is 60.4 Å². The topological polar surface area (TPSA) is 59.1 Å². The lowest BCUT2D eigenvalue weighted by molar-refractivity contribution is 0.600. The van der Waals surface area contributed by atoms with Gasteiger partial charge in [-0.3, -0.25) is 4.72 Å². The highest BCUT2D eigenvalue weighted by molar-refractivity contribution is 7.99. The Morgan fingerprint density at radius 1 is 1.29 bits per heavy atom. The molecule has 0 aliphatic heterocycles. The van der Waals surface area contributed by atoms with Crippen LogP contribution in [0.25, 0.3) is 0 Å². The van der Waals surface area contributed by atoms with E-state index >= 15 is 0 Å². The Hall–Kier alpha value is -1.50. The van der Waals surface area contributed by atoms with Gasteiger partial charge in [0.15, 0.2) is 0 Å². The van der Waals surface area contributed by atoms with E-state index in [0.29, 0.717) is 11.4 Å². The van der Waals surface area contributed by atoms with Gasteiger partial charge in [-0.2, -0.15) is 0 Å². The molecule has 1 aromatic carbocycles. The number of thioether (sulfide) groups is 1. The number of anilines is 1. The number of aromatic nitrogens is 1. The number of nitrogens with zero attached hydrogens (tertiary/aromatic N) is 1. The second-order valence-corrected chi connectivity index (χ2v) is 7.15. The van der Waals surface area contributed by atoms with Crippen LogP contribution in [0.2, 0.25) is 5.15 Å². The van der Waals surface area contributed by atoms with E-state index in [-0.39, 0.29) is 10.0 Å². The zero-order valence-electron chi connectivity index (χ0n) is 11.0. The molecule has 0 aliphatic carbocycles. The molecule has 110 valence electrons. The van der Waals surface area contributed by atoms with Crippen molar-refractivity contribution in [1.82, 2.24) is 4.98 Å². The van der Waals surface area contributed by atoms with Crippen molar-refractivity contribution in [3.8, 4) is 0 Å². The first-order valence-electron chi connectivity index (χ1n) is 6.00. The molecule has 0 amide bonds. The van der Waals surface area contributed by atoms with Gasteiger partial charge in [0.2, 0.25) is 0 Å². The summed E-state index contributed by atoms with van der Waals surface area (Å²) in [6.45, 7) is 3.66. The van der Waals surface area contributed by atoms with Crippen LogP contribution in [-0.4, -0.2) is 19.2 Å². The summed E-state index contributed by atoms with van der Waals surface area (Å²) in [7, 11) is -3.69. The molecule has 0 fully saturated rings. The Bertz CT molecular complexity index is 731. The normalized spacial score (nSPS) is 11.1. The molecule has 2 aromatic rings. The Morgan fingerprint density at radius 3 is 2.71 bits per heavy atom. The van der Waals surface area contributed by atoms with Crippen LogP contribution in [0.15, 0.2) is 65.0 Å². The fourth-order valence-electron chi connectivity index (χ4n) is 1.55. The molecule has 0 atom stereocenters. The van der Waals surface area contributed by atoms with Crippen LogP contribution in [0.5, 0.6) is 0 Å². The van der Waals surface area contributed by atoms with Crippen LogP contribution in [0.3, 0.4) is 0 Å². The number of halogens is 1. The van der Waals surface area contributed by atoms with E-state index in [4.69, 9.17) is 11.6 Å². The van der Waals surface area contributed by atoms with Gasteiger partial charge in [0.05, 0.1) is 5.69 Å². The number of para-hydroxylation sites is 1.